The lowest BCUT2D eigenvalue weighted by molar-refractivity contribution is -0.146. The third-order valence-corrected chi connectivity index (χ3v) is 8.86. The first-order valence-corrected chi connectivity index (χ1v) is 11.9. The molecule has 0 spiro atoms. The molecule has 0 fully saturated rings. The SMILES string of the molecule is CCC(C)(C)[C@@H]1CCc2c(sc(NC(=O)[C@H]3CC(C)=C(C)C[C@@H]3C(=O)O)c2C(N)=O)C1. The van der Waals surface area contributed by atoms with Crippen molar-refractivity contribution in [1.82, 2.24) is 0 Å². The maximum absolute atomic E-state index is 13.1. The van der Waals surface area contributed by atoms with Crippen LogP contribution >= 0.6 is 11.3 Å². The number of aliphatic carboxylic acids is 1. The highest BCUT2D eigenvalue weighted by Crippen LogP contribution is 2.46. The number of hydrogen-bond acceptors (Lipinski definition) is 4. The van der Waals surface area contributed by atoms with Crippen LogP contribution in [0.2, 0.25) is 0 Å². The van der Waals surface area contributed by atoms with Crippen LogP contribution < -0.4 is 11.1 Å². The minimum atomic E-state index is -0.961. The van der Waals surface area contributed by atoms with Crippen LogP contribution in [0.3, 0.4) is 0 Å². The second-order valence-corrected chi connectivity index (χ2v) is 11.0. The van der Waals surface area contributed by atoms with Gasteiger partial charge in [0, 0.05) is 4.88 Å². The summed E-state index contributed by atoms with van der Waals surface area (Å²) in [5.74, 6) is -2.74. The standard InChI is InChI=1S/C24H34N2O4S/c1-6-24(4,5)14-7-8-15-18(11-14)31-22(19(15)20(25)27)26-21(28)16-9-12(2)13(3)10-17(16)23(29)30/h14,16-17H,6-11H2,1-5H3,(H2,25,27)(H,26,28)(H,29,30)/t14-,16+,17+/m1/s1. The fraction of sp³-hybridized carbons (Fsp3) is 0.625. The Labute approximate surface area is 188 Å². The number of carbonyl (C=O) groups is 3. The average molecular weight is 447 g/mol. The van der Waals surface area contributed by atoms with E-state index in [2.05, 4.69) is 26.1 Å². The highest BCUT2D eigenvalue weighted by molar-refractivity contribution is 7.17. The zero-order valence-corrected chi connectivity index (χ0v) is 19.9. The quantitative estimate of drug-likeness (QED) is 0.547. The van der Waals surface area contributed by atoms with Gasteiger partial charge in [0.05, 0.1) is 17.4 Å². The Hall–Kier alpha value is -2.15. The van der Waals surface area contributed by atoms with Gasteiger partial charge in [0.2, 0.25) is 5.91 Å². The number of primary amides is 1. The van der Waals surface area contributed by atoms with E-state index in [4.69, 9.17) is 5.73 Å². The molecule has 0 bridgehead atoms. The summed E-state index contributed by atoms with van der Waals surface area (Å²) in [6, 6.07) is 0. The zero-order chi connectivity index (χ0) is 23.1. The second-order valence-electron chi connectivity index (χ2n) is 9.86. The number of thiophene rings is 1. The maximum atomic E-state index is 13.1. The van der Waals surface area contributed by atoms with Gasteiger partial charge in [-0.25, -0.2) is 0 Å². The Morgan fingerprint density at radius 1 is 1.13 bits per heavy atom. The van der Waals surface area contributed by atoms with Crippen LogP contribution in [0.4, 0.5) is 5.00 Å². The molecule has 0 unspecified atom stereocenters. The number of carboxylic acid groups (broad SMARTS) is 1. The monoisotopic (exact) mass is 446 g/mol. The van der Waals surface area contributed by atoms with E-state index >= 15 is 0 Å². The molecule has 0 saturated carbocycles. The molecule has 0 aliphatic heterocycles. The van der Waals surface area contributed by atoms with Crippen LogP contribution in [0.15, 0.2) is 11.1 Å². The molecule has 1 aromatic heterocycles. The molecule has 31 heavy (non-hydrogen) atoms. The van der Waals surface area contributed by atoms with Gasteiger partial charge < -0.3 is 16.2 Å². The fourth-order valence-electron chi connectivity index (χ4n) is 4.92. The summed E-state index contributed by atoms with van der Waals surface area (Å²) in [6.07, 6.45) is 4.50. The summed E-state index contributed by atoms with van der Waals surface area (Å²) < 4.78 is 0. The molecule has 0 aromatic carbocycles. The first-order chi connectivity index (χ1) is 14.5. The number of hydrogen-bond donors (Lipinski definition) is 3. The van der Waals surface area contributed by atoms with E-state index in [1.165, 1.54) is 11.3 Å². The summed E-state index contributed by atoms with van der Waals surface area (Å²) in [6.45, 7) is 10.6. The molecule has 7 heteroatoms. The zero-order valence-electron chi connectivity index (χ0n) is 19.1. The number of nitrogens with one attached hydrogen (secondary N) is 1. The predicted molar refractivity (Wildman–Crippen MR) is 123 cm³/mol. The molecule has 4 N–H and O–H groups in total. The lowest BCUT2D eigenvalue weighted by atomic mass is 9.69. The second kappa shape index (κ2) is 8.77. The largest absolute Gasteiger partial charge is 0.481 e. The molecule has 6 nitrogen and oxygen atoms in total. The van der Waals surface area contributed by atoms with E-state index in [0.29, 0.717) is 29.3 Å². The summed E-state index contributed by atoms with van der Waals surface area (Å²) in [7, 11) is 0. The Bertz CT molecular complexity index is 944. The molecule has 1 heterocycles. The summed E-state index contributed by atoms with van der Waals surface area (Å²) in [5, 5.41) is 13.0. The number of fused-ring (bicyclic) bond motifs is 1. The van der Waals surface area contributed by atoms with Gasteiger partial charge in [-0.3, -0.25) is 14.4 Å². The van der Waals surface area contributed by atoms with Crippen LogP contribution in [0.25, 0.3) is 0 Å². The Kier molecular flexibility index (Phi) is 6.65. The normalized spacial score (nSPS) is 24.0. The van der Waals surface area contributed by atoms with Crippen molar-refractivity contribution in [2.45, 2.75) is 73.1 Å². The van der Waals surface area contributed by atoms with Gasteiger partial charge in [-0.1, -0.05) is 38.3 Å². The van der Waals surface area contributed by atoms with E-state index in [1.54, 1.807) is 0 Å². The third kappa shape index (κ3) is 4.56. The van der Waals surface area contributed by atoms with E-state index < -0.39 is 23.7 Å². The van der Waals surface area contributed by atoms with Gasteiger partial charge >= 0.3 is 5.97 Å². The molecule has 2 aliphatic carbocycles. The number of rotatable bonds is 6. The number of amides is 2. The van der Waals surface area contributed by atoms with Gasteiger partial charge in [0.25, 0.3) is 5.91 Å². The molecule has 0 saturated heterocycles. The molecule has 2 amide bonds. The Morgan fingerprint density at radius 2 is 1.74 bits per heavy atom. The van der Waals surface area contributed by atoms with Crippen LogP contribution in [0.5, 0.6) is 0 Å². The minimum Gasteiger partial charge on any atom is -0.481 e. The van der Waals surface area contributed by atoms with Crippen molar-refractivity contribution in [3.63, 3.8) is 0 Å². The van der Waals surface area contributed by atoms with E-state index in [-0.39, 0.29) is 11.3 Å². The maximum Gasteiger partial charge on any atom is 0.307 e. The number of nitrogens with two attached hydrogens (primary N) is 1. The Balaban J connectivity index is 1.89. The number of carboxylic acids is 1. The molecule has 3 atom stereocenters. The summed E-state index contributed by atoms with van der Waals surface area (Å²) >= 11 is 1.43. The van der Waals surface area contributed by atoms with Crippen molar-refractivity contribution >= 4 is 34.1 Å². The Morgan fingerprint density at radius 3 is 2.29 bits per heavy atom. The highest BCUT2D eigenvalue weighted by atomic mass is 32.1. The molecular weight excluding hydrogens is 412 g/mol. The molecular formula is C24H34N2O4S. The van der Waals surface area contributed by atoms with Crippen molar-refractivity contribution in [2.75, 3.05) is 5.32 Å². The predicted octanol–water partition coefficient (Wildman–Crippen LogP) is 4.77. The van der Waals surface area contributed by atoms with Gasteiger partial charge in [0.1, 0.15) is 5.00 Å². The van der Waals surface area contributed by atoms with Crippen molar-refractivity contribution in [3.8, 4) is 0 Å². The molecule has 0 radical (unpaired) electrons. The summed E-state index contributed by atoms with van der Waals surface area (Å²) in [4.78, 5) is 38.4. The van der Waals surface area contributed by atoms with Crippen LogP contribution in [-0.2, 0) is 22.4 Å². The topological polar surface area (TPSA) is 109 Å². The fourth-order valence-corrected chi connectivity index (χ4v) is 6.26. The number of carbonyl (C=O) groups excluding carboxylic acids is 2. The van der Waals surface area contributed by atoms with Gasteiger partial charge in [0.15, 0.2) is 0 Å². The lowest BCUT2D eigenvalue weighted by Gasteiger charge is -2.36. The van der Waals surface area contributed by atoms with Crippen molar-refractivity contribution in [2.24, 2.45) is 28.9 Å². The lowest BCUT2D eigenvalue weighted by Crippen LogP contribution is -2.36. The van der Waals surface area contributed by atoms with Crippen molar-refractivity contribution in [1.29, 1.82) is 0 Å². The van der Waals surface area contributed by atoms with Crippen LogP contribution in [0, 0.1) is 23.2 Å². The van der Waals surface area contributed by atoms with Crippen LogP contribution in [0.1, 0.15) is 81.1 Å². The highest BCUT2D eigenvalue weighted by Gasteiger charge is 2.39. The minimum absolute atomic E-state index is 0.205. The molecule has 3 rings (SSSR count). The van der Waals surface area contributed by atoms with Gasteiger partial charge in [-0.15, -0.1) is 11.3 Å². The van der Waals surface area contributed by atoms with Crippen LogP contribution in [-0.4, -0.2) is 22.9 Å². The van der Waals surface area contributed by atoms with E-state index in [9.17, 15) is 19.5 Å². The molecule has 170 valence electrons. The molecule has 2 aliphatic rings. The van der Waals surface area contributed by atoms with Crippen molar-refractivity contribution in [3.05, 3.63) is 27.2 Å². The number of anilines is 1. The van der Waals surface area contributed by atoms with E-state index in [0.717, 1.165) is 47.3 Å². The first kappa shape index (κ1) is 23.5. The van der Waals surface area contributed by atoms with Crippen molar-refractivity contribution < 1.29 is 19.5 Å². The summed E-state index contributed by atoms with van der Waals surface area (Å²) in [5.41, 5.74) is 9.38. The molecule has 1 aromatic rings. The van der Waals surface area contributed by atoms with Gasteiger partial charge in [-0.2, -0.15) is 0 Å². The third-order valence-electron chi connectivity index (χ3n) is 7.69. The van der Waals surface area contributed by atoms with E-state index in [1.807, 2.05) is 13.8 Å². The first-order valence-electron chi connectivity index (χ1n) is 11.1. The number of allylic oxidation sites excluding steroid dienone is 2. The average Bonchev–Trinajstić information content (AvgIpc) is 3.06. The smallest absolute Gasteiger partial charge is 0.307 e. The van der Waals surface area contributed by atoms with Gasteiger partial charge in [-0.05, 0) is 62.8 Å².